The van der Waals surface area contributed by atoms with Crippen LogP contribution in [0.15, 0.2) is 0 Å². The third-order valence-corrected chi connectivity index (χ3v) is 4.46. The first-order chi connectivity index (χ1) is 8.83. The van der Waals surface area contributed by atoms with E-state index in [-0.39, 0.29) is 18.9 Å². The molecule has 0 radical (unpaired) electrons. The van der Waals surface area contributed by atoms with Crippen molar-refractivity contribution in [1.82, 2.24) is 5.32 Å². The highest BCUT2D eigenvalue weighted by Crippen LogP contribution is 2.42. The number of carboxylic acids is 1. The summed E-state index contributed by atoms with van der Waals surface area (Å²) in [5.74, 6) is -2.63. The largest absolute Gasteiger partial charge is 0.480 e. The van der Waals surface area contributed by atoms with Crippen LogP contribution in [0.5, 0.6) is 0 Å². The van der Waals surface area contributed by atoms with Crippen molar-refractivity contribution in [3.05, 3.63) is 0 Å². The molecule has 0 spiro atoms. The highest BCUT2D eigenvalue weighted by molar-refractivity contribution is 5.79. The van der Waals surface area contributed by atoms with E-state index in [4.69, 9.17) is 0 Å². The van der Waals surface area contributed by atoms with Crippen molar-refractivity contribution in [2.24, 2.45) is 5.92 Å². The molecule has 2 saturated carbocycles. The molecule has 0 heterocycles. The number of aliphatic carboxylic acids is 1. The number of hydrogen-bond acceptors (Lipinski definition) is 2. The fourth-order valence-corrected chi connectivity index (χ4v) is 3.40. The van der Waals surface area contributed by atoms with Gasteiger partial charge < -0.3 is 5.11 Å². The molecule has 0 bridgehead atoms. The van der Waals surface area contributed by atoms with Crippen LogP contribution in [0.1, 0.15) is 51.4 Å². The molecule has 19 heavy (non-hydrogen) atoms. The standard InChI is InChI=1S/C13H20F3NO2/c14-13(15,16)9-4-3-7-12(8-9,11(18)19)17-10-5-1-2-6-10/h9-10,17H,1-8H2,(H,18,19). The van der Waals surface area contributed by atoms with Crippen molar-refractivity contribution in [1.29, 1.82) is 0 Å². The van der Waals surface area contributed by atoms with E-state index in [1.54, 1.807) is 0 Å². The molecule has 2 unspecified atom stereocenters. The average Bonchev–Trinajstić information content (AvgIpc) is 2.80. The lowest BCUT2D eigenvalue weighted by atomic mass is 9.75. The van der Waals surface area contributed by atoms with Crippen molar-refractivity contribution in [3.8, 4) is 0 Å². The molecule has 2 fully saturated rings. The van der Waals surface area contributed by atoms with Crippen LogP contribution in [-0.4, -0.2) is 28.8 Å². The Hall–Kier alpha value is -0.780. The Kier molecular flexibility index (Phi) is 4.08. The molecule has 0 aromatic heterocycles. The molecule has 2 aliphatic carbocycles. The summed E-state index contributed by atoms with van der Waals surface area (Å²) >= 11 is 0. The number of nitrogens with one attached hydrogen (secondary N) is 1. The molecule has 0 amide bonds. The lowest BCUT2D eigenvalue weighted by molar-refractivity contribution is -0.192. The van der Waals surface area contributed by atoms with E-state index < -0.39 is 23.6 Å². The molecule has 0 aliphatic heterocycles. The molecule has 3 nitrogen and oxygen atoms in total. The predicted octanol–water partition coefficient (Wildman–Crippen LogP) is 3.09. The van der Waals surface area contributed by atoms with Gasteiger partial charge in [0.25, 0.3) is 0 Å². The van der Waals surface area contributed by atoms with E-state index in [2.05, 4.69) is 5.32 Å². The highest BCUT2D eigenvalue weighted by Gasteiger charge is 2.51. The van der Waals surface area contributed by atoms with Crippen molar-refractivity contribution in [3.63, 3.8) is 0 Å². The third kappa shape index (κ3) is 3.22. The van der Waals surface area contributed by atoms with Gasteiger partial charge in [-0.25, -0.2) is 0 Å². The Morgan fingerprint density at radius 2 is 1.79 bits per heavy atom. The number of hydrogen-bond donors (Lipinski definition) is 2. The minimum atomic E-state index is -4.29. The summed E-state index contributed by atoms with van der Waals surface area (Å²) in [6.07, 6.45) is -0.184. The second kappa shape index (κ2) is 5.31. The molecule has 6 heteroatoms. The molecule has 2 N–H and O–H groups in total. The summed E-state index contributed by atoms with van der Waals surface area (Å²) in [5.41, 5.74) is -1.38. The number of carbonyl (C=O) groups is 1. The molecule has 0 aromatic carbocycles. The molecule has 0 saturated heterocycles. The van der Waals surface area contributed by atoms with Gasteiger partial charge >= 0.3 is 12.1 Å². The Bertz CT molecular complexity index is 339. The quantitative estimate of drug-likeness (QED) is 0.834. The van der Waals surface area contributed by atoms with Crippen molar-refractivity contribution >= 4 is 5.97 Å². The van der Waals surface area contributed by atoms with Crippen LogP contribution in [0.2, 0.25) is 0 Å². The van der Waals surface area contributed by atoms with Crippen LogP contribution in [0.25, 0.3) is 0 Å². The Morgan fingerprint density at radius 3 is 2.32 bits per heavy atom. The number of rotatable bonds is 3. The summed E-state index contributed by atoms with van der Waals surface area (Å²) in [5, 5.41) is 12.4. The maximum atomic E-state index is 12.8. The zero-order valence-corrected chi connectivity index (χ0v) is 10.8. The number of alkyl halides is 3. The summed E-state index contributed by atoms with van der Waals surface area (Å²) in [7, 11) is 0. The molecular weight excluding hydrogens is 259 g/mol. The van der Waals surface area contributed by atoms with Gasteiger partial charge in [0, 0.05) is 6.04 Å². The van der Waals surface area contributed by atoms with Gasteiger partial charge in [-0.2, -0.15) is 13.2 Å². The second-order valence-electron chi connectivity index (χ2n) is 5.85. The van der Waals surface area contributed by atoms with Crippen LogP contribution in [0.4, 0.5) is 13.2 Å². The Labute approximate surface area is 110 Å². The van der Waals surface area contributed by atoms with Crippen molar-refractivity contribution < 1.29 is 23.1 Å². The average molecular weight is 279 g/mol. The van der Waals surface area contributed by atoms with Gasteiger partial charge in [0.1, 0.15) is 5.54 Å². The topological polar surface area (TPSA) is 49.3 Å². The first-order valence-electron chi connectivity index (χ1n) is 6.91. The van der Waals surface area contributed by atoms with Crippen LogP contribution in [-0.2, 0) is 4.79 Å². The predicted molar refractivity (Wildman–Crippen MR) is 63.8 cm³/mol. The van der Waals surface area contributed by atoms with E-state index in [0.717, 1.165) is 25.7 Å². The van der Waals surface area contributed by atoms with Gasteiger partial charge in [-0.1, -0.05) is 19.3 Å². The number of halogens is 3. The molecule has 110 valence electrons. The smallest absolute Gasteiger partial charge is 0.391 e. The second-order valence-corrected chi connectivity index (χ2v) is 5.85. The lowest BCUT2D eigenvalue weighted by Crippen LogP contribution is -2.59. The minimum Gasteiger partial charge on any atom is -0.480 e. The van der Waals surface area contributed by atoms with Crippen LogP contribution >= 0.6 is 0 Å². The van der Waals surface area contributed by atoms with Gasteiger partial charge in [-0.15, -0.1) is 0 Å². The van der Waals surface area contributed by atoms with E-state index in [0.29, 0.717) is 12.8 Å². The van der Waals surface area contributed by atoms with Crippen LogP contribution in [0, 0.1) is 5.92 Å². The molecule has 2 atom stereocenters. The molecule has 2 aliphatic rings. The fraction of sp³-hybridized carbons (Fsp3) is 0.923. The third-order valence-electron chi connectivity index (χ3n) is 4.46. The first kappa shape index (κ1) is 14.6. The van der Waals surface area contributed by atoms with Gasteiger partial charge in [-0.3, -0.25) is 10.1 Å². The summed E-state index contributed by atoms with van der Waals surface area (Å²) in [4.78, 5) is 11.5. The SMILES string of the molecule is O=C(O)C1(NC2CCCC2)CCCC(C(F)(F)F)C1. The molecule has 0 aromatic rings. The number of carboxylic acid groups (broad SMARTS) is 1. The summed E-state index contributed by atoms with van der Waals surface area (Å²) < 4.78 is 38.5. The van der Waals surface area contributed by atoms with Crippen LogP contribution < -0.4 is 5.32 Å². The van der Waals surface area contributed by atoms with Gasteiger partial charge in [0.2, 0.25) is 0 Å². The first-order valence-corrected chi connectivity index (χ1v) is 6.91. The summed E-state index contributed by atoms with van der Waals surface area (Å²) in [6.45, 7) is 0. The highest BCUT2D eigenvalue weighted by atomic mass is 19.4. The summed E-state index contributed by atoms with van der Waals surface area (Å²) in [6, 6.07) is 0.0584. The maximum absolute atomic E-state index is 12.8. The zero-order chi connectivity index (χ0) is 14.1. The van der Waals surface area contributed by atoms with Gasteiger partial charge in [-0.05, 0) is 32.1 Å². The Morgan fingerprint density at radius 1 is 1.16 bits per heavy atom. The van der Waals surface area contributed by atoms with Crippen molar-refractivity contribution in [2.45, 2.75) is 69.1 Å². The minimum absolute atomic E-state index is 0.0465. The van der Waals surface area contributed by atoms with Crippen LogP contribution in [0.3, 0.4) is 0 Å². The maximum Gasteiger partial charge on any atom is 0.391 e. The Balaban J connectivity index is 2.11. The van der Waals surface area contributed by atoms with E-state index in [9.17, 15) is 23.1 Å². The van der Waals surface area contributed by atoms with E-state index in [1.165, 1.54) is 0 Å². The van der Waals surface area contributed by atoms with E-state index >= 15 is 0 Å². The monoisotopic (exact) mass is 279 g/mol. The van der Waals surface area contributed by atoms with Gasteiger partial charge in [0.05, 0.1) is 5.92 Å². The van der Waals surface area contributed by atoms with Gasteiger partial charge in [0.15, 0.2) is 0 Å². The molecular formula is C13H20F3NO2. The van der Waals surface area contributed by atoms with E-state index in [1.807, 2.05) is 0 Å². The lowest BCUT2D eigenvalue weighted by Gasteiger charge is -2.40. The zero-order valence-electron chi connectivity index (χ0n) is 10.8. The molecule has 2 rings (SSSR count). The fourth-order valence-electron chi connectivity index (χ4n) is 3.40. The van der Waals surface area contributed by atoms with Crippen molar-refractivity contribution in [2.75, 3.05) is 0 Å². The normalized spacial score (nSPS) is 33.5.